The Morgan fingerprint density at radius 1 is 1.09 bits per heavy atom. The number of carbonyl (C=O) groups is 1. The zero-order valence-electron chi connectivity index (χ0n) is 19.3. The predicted octanol–water partition coefficient (Wildman–Crippen LogP) is 2.40. The molecule has 9 nitrogen and oxygen atoms in total. The van der Waals surface area contributed by atoms with Crippen molar-refractivity contribution in [2.24, 2.45) is 13.0 Å². The largest absolute Gasteiger partial charge is 0.342 e. The van der Waals surface area contributed by atoms with Crippen LogP contribution in [0.1, 0.15) is 29.9 Å². The van der Waals surface area contributed by atoms with Crippen molar-refractivity contribution in [3.05, 3.63) is 59.9 Å². The first-order valence-electron chi connectivity index (χ1n) is 11.9. The fraction of sp³-hybridized carbons (Fsp3) is 0.400. The van der Waals surface area contributed by atoms with Crippen LogP contribution in [0.15, 0.2) is 42.9 Å². The summed E-state index contributed by atoms with van der Waals surface area (Å²) < 4.78 is 1.76. The summed E-state index contributed by atoms with van der Waals surface area (Å²) in [6.45, 7) is 4.40. The van der Waals surface area contributed by atoms with Crippen LogP contribution in [-0.4, -0.2) is 71.6 Å². The van der Waals surface area contributed by atoms with Crippen molar-refractivity contribution < 1.29 is 4.79 Å². The van der Waals surface area contributed by atoms with Crippen LogP contribution < -0.4 is 0 Å². The molecule has 1 aliphatic carbocycles. The highest BCUT2D eigenvalue weighted by Crippen LogP contribution is 2.31. The van der Waals surface area contributed by atoms with Gasteiger partial charge in [-0.1, -0.05) is 0 Å². The highest BCUT2D eigenvalue weighted by Gasteiger charge is 2.34. The number of pyridine rings is 1. The second-order valence-electron chi connectivity index (χ2n) is 9.33. The van der Waals surface area contributed by atoms with Gasteiger partial charge in [-0.05, 0) is 48.7 Å². The highest BCUT2D eigenvalue weighted by atomic mass is 16.2. The van der Waals surface area contributed by atoms with Crippen molar-refractivity contribution in [1.82, 2.24) is 39.5 Å². The molecular weight excluding hydrogens is 428 g/mol. The van der Waals surface area contributed by atoms with Gasteiger partial charge in [0.25, 0.3) is 0 Å². The van der Waals surface area contributed by atoms with Crippen molar-refractivity contribution in [3.8, 4) is 11.4 Å². The van der Waals surface area contributed by atoms with Crippen LogP contribution in [0, 0.1) is 5.92 Å². The zero-order valence-corrected chi connectivity index (χ0v) is 19.3. The van der Waals surface area contributed by atoms with Crippen molar-refractivity contribution in [2.45, 2.75) is 25.8 Å². The molecule has 1 amide bonds. The van der Waals surface area contributed by atoms with Crippen LogP contribution in [-0.2, 0) is 24.8 Å². The number of fused-ring (bicyclic) bond motifs is 1. The van der Waals surface area contributed by atoms with Crippen LogP contribution in [0.2, 0.25) is 0 Å². The molecule has 34 heavy (non-hydrogen) atoms. The van der Waals surface area contributed by atoms with E-state index in [-0.39, 0.29) is 0 Å². The minimum absolute atomic E-state index is 0.311. The fourth-order valence-electron chi connectivity index (χ4n) is 4.71. The lowest BCUT2D eigenvalue weighted by molar-refractivity contribution is -0.134. The van der Waals surface area contributed by atoms with E-state index >= 15 is 0 Å². The smallest absolute Gasteiger partial charge is 0.225 e. The van der Waals surface area contributed by atoms with E-state index in [1.54, 1.807) is 11.0 Å². The van der Waals surface area contributed by atoms with Crippen LogP contribution in [0.3, 0.4) is 0 Å². The molecule has 1 aromatic carbocycles. The number of nitrogens with one attached hydrogen (secondary N) is 1. The van der Waals surface area contributed by atoms with Crippen molar-refractivity contribution >= 4 is 16.9 Å². The number of H-pyrrole nitrogens is 1. The van der Waals surface area contributed by atoms with E-state index in [1.165, 1.54) is 5.56 Å². The Morgan fingerprint density at radius 3 is 2.71 bits per heavy atom. The normalized spacial score (nSPS) is 16.9. The molecule has 0 radical (unpaired) electrons. The second-order valence-corrected chi connectivity index (χ2v) is 9.33. The summed E-state index contributed by atoms with van der Waals surface area (Å²) in [5, 5.41) is 4.16. The molecule has 3 aromatic heterocycles. The predicted molar refractivity (Wildman–Crippen MR) is 128 cm³/mol. The Bertz CT molecular complexity index is 1330. The van der Waals surface area contributed by atoms with Crippen molar-refractivity contribution in [3.63, 3.8) is 0 Å². The summed E-state index contributed by atoms with van der Waals surface area (Å²) in [4.78, 5) is 33.9. The van der Waals surface area contributed by atoms with Crippen LogP contribution >= 0.6 is 0 Å². The number of imidazole rings is 1. The van der Waals surface area contributed by atoms with E-state index < -0.39 is 0 Å². The first kappa shape index (κ1) is 21.0. The summed E-state index contributed by atoms with van der Waals surface area (Å²) in [6.07, 6.45) is 6.24. The van der Waals surface area contributed by atoms with E-state index in [2.05, 4.69) is 43.1 Å². The van der Waals surface area contributed by atoms with E-state index in [0.29, 0.717) is 18.2 Å². The molecule has 0 bridgehead atoms. The molecule has 4 heterocycles. The maximum absolute atomic E-state index is 12.3. The zero-order chi connectivity index (χ0) is 23.1. The molecule has 1 aliphatic heterocycles. The van der Waals surface area contributed by atoms with Gasteiger partial charge in [-0.3, -0.25) is 14.7 Å². The quantitative estimate of drug-likeness (QED) is 0.479. The van der Waals surface area contributed by atoms with Crippen LogP contribution in [0.5, 0.6) is 0 Å². The standard InChI is InChI=1S/C25H28N8O/c1-31-24(27-16-28-31)19-4-5-21-22(13-19)30-23(29-21)14-20-12-17(6-7-26-20)15-32-8-10-33(11-9-32)25(34)18-2-3-18/h4-7,12-13,16,18H,2-3,8-11,14-15H2,1H3,(H,29,30). The number of benzene rings is 1. The van der Waals surface area contributed by atoms with Gasteiger partial charge in [0, 0.05) is 69.6 Å². The van der Waals surface area contributed by atoms with E-state index in [0.717, 1.165) is 79.5 Å². The minimum Gasteiger partial charge on any atom is -0.342 e. The molecule has 0 spiro atoms. The number of hydrogen-bond donors (Lipinski definition) is 1. The number of amides is 1. The van der Waals surface area contributed by atoms with Gasteiger partial charge in [0.1, 0.15) is 12.2 Å². The third-order valence-corrected chi connectivity index (χ3v) is 6.75. The highest BCUT2D eigenvalue weighted by molar-refractivity contribution is 5.81. The SMILES string of the molecule is Cn1ncnc1-c1ccc2nc(Cc3cc(CN4CCN(C(=O)C5CC5)CC4)ccn3)[nH]c2c1. The number of nitrogens with zero attached hydrogens (tertiary/aromatic N) is 7. The van der Waals surface area contributed by atoms with Crippen molar-refractivity contribution in [2.75, 3.05) is 26.2 Å². The number of carbonyl (C=O) groups excluding carboxylic acids is 1. The summed E-state index contributed by atoms with van der Waals surface area (Å²) in [5.41, 5.74) is 5.14. The summed E-state index contributed by atoms with van der Waals surface area (Å²) in [7, 11) is 1.89. The Balaban J connectivity index is 1.11. The number of hydrogen-bond acceptors (Lipinski definition) is 6. The fourth-order valence-corrected chi connectivity index (χ4v) is 4.71. The average molecular weight is 457 g/mol. The number of aromatic nitrogens is 6. The minimum atomic E-state index is 0.311. The Hall–Kier alpha value is -3.59. The van der Waals surface area contributed by atoms with Gasteiger partial charge in [0.05, 0.1) is 11.0 Å². The first-order chi connectivity index (χ1) is 16.6. The molecule has 0 unspecified atom stereocenters. The van der Waals surface area contributed by atoms with E-state index in [1.807, 2.05) is 30.3 Å². The monoisotopic (exact) mass is 456 g/mol. The summed E-state index contributed by atoms with van der Waals surface area (Å²) in [5.74, 6) is 2.39. The van der Waals surface area contributed by atoms with Gasteiger partial charge in [-0.25, -0.2) is 14.6 Å². The Morgan fingerprint density at radius 2 is 1.94 bits per heavy atom. The maximum atomic E-state index is 12.3. The van der Waals surface area contributed by atoms with Gasteiger partial charge >= 0.3 is 0 Å². The van der Waals surface area contributed by atoms with Gasteiger partial charge in [-0.2, -0.15) is 5.10 Å². The molecule has 2 aliphatic rings. The lowest BCUT2D eigenvalue weighted by atomic mass is 10.1. The molecule has 2 fully saturated rings. The topological polar surface area (TPSA) is 95.8 Å². The molecule has 0 atom stereocenters. The second kappa shape index (κ2) is 8.64. The van der Waals surface area contributed by atoms with Crippen LogP contribution in [0.25, 0.3) is 22.4 Å². The molecule has 9 heteroatoms. The average Bonchev–Trinajstić information content (AvgIpc) is 3.49. The van der Waals surface area contributed by atoms with E-state index in [9.17, 15) is 4.79 Å². The van der Waals surface area contributed by atoms with Crippen LogP contribution in [0.4, 0.5) is 0 Å². The van der Waals surface area contributed by atoms with E-state index in [4.69, 9.17) is 4.98 Å². The molecule has 1 saturated heterocycles. The lowest BCUT2D eigenvalue weighted by Gasteiger charge is -2.35. The maximum Gasteiger partial charge on any atom is 0.225 e. The Kier molecular flexibility index (Phi) is 5.33. The van der Waals surface area contributed by atoms with Gasteiger partial charge < -0.3 is 9.88 Å². The molecule has 1 N–H and O–H groups in total. The molecule has 6 rings (SSSR count). The van der Waals surface area contributed by atoms with Gasteiger partial charge in [-0.15, -0.1) is 0 Å². The third-order valence-electron chi connectivity index (χ3n) is 6.75. The lowest BCUT2D eigenvalue weighted by Crippen LogP contribution is -2.48. The number of aromatic amines is 1. The molecule has 4 aromatic rings. The molecular formula is C25H28N8O. The first-order valence-corrected chi connectivity index (χ1v) is 11.9. The summed E-state index contributed by atoms with van der Waals surface area (Å²) in [6, 6.07) is 10.3. The van der Waals surface area contributed by atoms with Gasteiger partial charge in [0.15, 0.2) is 5.82 Å². The Labute approximate surface area is 197 Å². The van der Waals surface area contributed by atoms with Crippen molar-refractivity contribution in [1.29, 1.82) is 0 Å². The summed E-state index contributed by atoms with van der Waals surface area (Å²) >= 11 is 0. The number of aryl methyl sites for hydroxylation is 1. The van der Waals surface area contributed by atoms with Gasteiger partial charge in [0.2, 0.25) is 5.91 Å². The third kappa shape index (κ3) is 4.31. The number of piperazine rings is 1. The molecule has 174 valence electrons. The molecule has 1 saturated carbocycles. The number of rotatable bonds is 6.